The summed E-state index contributed by atoms with van der Waals surface area (Å²) >= 11 is 0.738. The van der Waals surface area contributed by atoms with Gasteiger partial charge >= 0.3 is 0 Å². The van der Waals surface area contributed by atoms with Crippen LogP contribution in [0.1, 0.15) is 19.8 Å². The molecule has 0 saturated heterocycles. The van der Waals surface area contributed by atoms with Crippen molar-refractivity contribution in [2.75, 3.05) is 0 Å². The van der Waals surface area contributed by atoms with E-state index in [0.717, 1.165) is 22.7 Å². The average Bonchev–Trinajstić information content (AvgIpc) is 1.99. The van der Waals surface area contributed by atoms with Crippen molar-refractivity contribution in [3.05, 3.63) is 0 Å². The van der Waals surface area contributed by atoms with Crippen molar-refractivity contribution in [3.63, 3.8) is 0 Å². The molecule has 0 rings (SSSR count). The quantitative estimate of drug-likeness (QED) is 0.381. The van der Waals surface area contributed by atoms with E-state index in [0.29, 0.717) is 6.42 Å². The van der Waals surface area contributed by atoms with Crippen LogP contribution in [0.3, 0.4) is 0 Å². The first-order chi connectivity index (χ1) is 5.11. The fourth-order valence-corrected chi connectivity index (χ4v) is 2.13. The van der Waals surface area contributed by atoms with Crippen LogP contribution < -0.4 is 5.09 Å². The van der Waals surface area contributed by atoms with E-state index in [9.17, 15) is 10.2 Å². The normalized spacial score (nSPS) is 19.3. The SMILES string of the molecule is CCC(O)CC(NP)[CH](O)[AlH2]. The van der Waals surface area contributed by atoms with Gasteiger partial charge in [0.1, 0.15) is 0 Å². The molecule has 0 spiro atoms. The van der Waals surface area contributed by atoms with E-state index in [2.05, 4.69) is 14.5 Å². The molecule has 0 amide bonds. The molecule has 0 aromatic carbocycles. The molecule has 0 saturated carbocycles. The Labute approximate surface area is 78.3 Å². The smallest absolute Gasteiger partial charge is 0.261 e. The van der Waals surface area contributed by atoms with Crippen LogP contribution in [-0.2, 0) is 0 Å². The van der Waals surface area contributed by atoms with Crippen molar-refractivity contribution in [2.45, 2.75) is 36.9 Å². The molecule has 0 aliphatic carbocycles. The summed E-state index contributed by atoms with van der Waals surface area (Å²) in [5.74, 6) is 0. The van der Waals surface area contributed by atoms with Gasteiger partial charge in [0.25, 0.3) is 16.3 Å². The van der Waals surface area contributed by atoms with Crippen LogP contribution >= 0.6 is 9.39 Å². The largest absolute Gasteiger partial charge is 0.408 e. The second kappa shape index (κ2) is 6.37. The van der Waals surface area contributed by atoms with Crippen LogP contribution in [0.4, 0.5) is 0 Å². The molecule has 0 aromatic heterocycles. The fourth-order valence-electron chi connectivity index (χ4n) is 0.864. The number of nitrogens with one attached hydrogen (secondary N) is 1. The van der Waals surface area contributed by atoms with Crippen LogP contribution in [-0.4, -0.2) is 43.6 Å². The van der Waals surface area contributed by atoms with Gasteiger partial charge in [-0.3, -0.25) is 5.09 Å². The average molecular weight is 193 g/mol. The Balaban J connectivity index is 3.68. The number of hydrogen-bond donors (Lipinski definition) is 3. The number of aliphatic hydroxyl groups is 2. The molecular weight excluding hydrogens is 176 g/mol. The maximum Gasteiger partial charge on any atom is 0.261 e. The molecular formula is C6H17AlNO2P. The fraction of sp³-hybridized carbons (Fsp3) is 1.00. The van der Waals surface area contributed by atoms with Gasteiger partial charge in [0.05, 0.1) is 6.10 Å². The zero-order valence-corrected chi connectivity index (χ0v) is 10.3. The van der Waals surface area contributed by atoms with E-state index in [1.807, 2.05) is 6.92 Å². The first kappa shape index (κ1) is 11.8. The standard InChI is InChI=1S/C6H15NO2P.Al.2H/c1-2-6(9)3-5(4-8)7-10;;;/h4-9H,2-3,10H2,1H3;;;. The van der Waals surface area contributed by atoms with Gasteiger partial charge in [0.15, 0.2) is 0 Å². The minimum Gasteiger partial charge on any atom is -0.408 e. The maximum atomic E-state index is 9.26. The van der Waals surface area contributed by atoms with Gasteiger partial charge in [-0.1, -0.05) is 16.3 Å². The Kier molecular flexibility index (Phi) is 6.86. The molecule has 5 heteroatoms. The molecule has 0 fully saturated rings. The van der Waals surface area contributed by atoms with Crippen molar-refractivity contribution >= 4 is 25.7 Å². The van der Waals surface area contributed by atoms with E-state index >= 15 is 0 Å². The minimum absolute atomic E-state index is 0.0293. The Morgan fingerprint density at radius 2 is 2.09 bits per heavy atom. The summed E-state index contributed by atoms with van der Waals surface area (Å²) in [5, 5.41) is 21.4. The molecule has 11 heavy (non-hydrogen) atoms. The van der Waals surface area contributed by atoms with Gasteiger partial charge in [-0.2, -0.15) is 0 Å². The van der Waals surface area contributed by atoms with Crippen LogP contribution in [0.5, 0.6) is 0 Å². The summed E-state index contributed by atoms with van der Waals surface area (Å²) in [7, 11) is 2.37. The lowest BCUT2D eigenvalue weighted by Crippen LogP contribution is -2.37. The van der Waals surface area contributed by atoms with E-state index < -0.39 is 0 Å². The summed E-state index contributed by atoms with van der Waals surface area (Å²) in [6.07, 6.45) is 1.08. The second-order valence-corrected chi connectivity index (χ2v) is 4.33. The third kappa shape index (κ3) is 5.14. The molecule has 4 unspecified atom stereocenters. The molecule has 0 aliphatic heterocycles. The van der Waals surface area contributed by atoms with Crippen molar-refractivity contribution in [1.29, 1.82) is 0 Å². The van der Waals surface area contributed by atoms with Gasteiger partial charge in [-0.25, -0.2) is 0 Å². The van der Waals surface area contributed by atoms with Gasteiger partial charge in [-0.05, 0) is 12.8 Å². The highest BCUT2D eigenvalue weighted by molar-refractivity contribution is 7.13. The van der Waals surface area contributed by atoms with E-state index in [-0.39, 0.29) is 17.1 Å². The Hall–Kier alpha value is 0.842. The zero-order chi connectivity index (χ0) is 8.85. The first-order valence-electron chi connectivity index (χ1n) is 3.94. The number of aliphatic hydroxyl groups excluding tert-OH is 2. The maximum absolute atomic E-state index is 9.26. The zero-order valence-electron chi connectivity index (χ0n) is 7.12. The van der Waals surface area contributed by atoms with Gasteiger partial charge in [0, 0.05) is 11.0 Å². The number of hydrogen-bond acceptors (Lipinski definition) is 3. The van der Waals surface area contributed by atoms with Crippen LogP contribution in [0.15, 0.2) is 0 Å². The second-order valence-electron chi connectivity index (χ2n) is 2.81. The molecule has 0 aromatic rings. The predicted octanol–water partition coefficient (Wildman–Crippen LogP) is -1.15. The van der Waals surface area contributed by atoms with Gasteiger partial charge in [-0.15, -0.1) is 0 Å². The van der Waals surface area contributed by atoms with Crippen molar-refractivity contribution in [3.8, 4) is 0 Å². The topological polar surface area (TPSA) is 52.5 Å². The summed E-state index contributed by atoms with van der Waals surface area (Å²) in [4.78, 5) is -0.284. The predicted molar refractivity (Wildman–Crippen MR) is 52.1 cm³/mol. The Morgan fingerprint density at radius 3 is 2.36 bits per heavy atom. The molecule has 0 heterocycles. The lowest BCUT2D eigenvalue weighted by Gasteiger charge is -2.21. The molecule has 4 atom stereocenters. The highest BCUT2D eigenvalue weighted by atomic mass is 31.0. The third-order valence-corrected chi connectivity index (χ3v) is 3.03. The summed E-state index contributed by atoms with van der Waals surface area (Å²) in [6.45, 7) is 1.93. The molecule has 3 N–H and O–H groups in total. The van der Waals surface area contributed by atoms with Gasteiger partial charge in [0.2, 0.25) is 0 Å². The highest BCUT2D eigenvalue weighted by Gasteiger charge is 2.15. The van der Waals surface area contributed by atoms with Crippen LogP contribution in [0, 0.1) is 0 Å². The van der Waals surface area contributed by atoms with Crippen molar-refractivity contribution in [2.24, 2.45) is 0 Å². The lowest BCUT2D eigenvalue weighted by atomic mass is 10.1. The molecule has 3 nitrogen and oxygen atoms in total. The van der Waals surface area contributed by atoms with E-state index in [1.165, 1.54) is 0 Å². The van der Waals surface area contributed by atoms with Crippen LogP contribution in [0.25, 0.3) is 0 Å². The minimum atomic E-state index is -0.295. The monoisotopic (exact) mass is 193 g/mol. The summed E-state index contributed by atoms with van der Waals surface area (Å²) in [5.41, 5.74) is 0. The van der Waals surface area contributed by atoms with Crippen LogP contribution in [0.2, 0.25) is 0 Å². The lowest BCUT2D eigenvalue weighted by molar-refractivity contribution is 0.121. The summed E-state index contributed by atoms with van der Waals surface area (Å²) in [6, 6.07) is 0.0293. The van der Waals surface area contributed by atoms with Crippen molar-refractivity contribution < 1.29 is 10.2 Å². The molecule has 0 radical (unpaired) electrons. The van der Waals surface area contributed by atoms with E-state index in [1.54, 1.807) is 0 Å². The molecule has 0 bridgehead atoms. The Morgan fingerprint density at radius 1 is 1.55 bits per heavy atom. The van der Waals surface area contributed by atoms with Gasteiger partial charge < -0.3 is 10.2 Å². The number of rotatable bonds is 5. The Bertz CT molecular complexity index is 105. The first-order valence-corrected chi connectivity index (χ1v) is 5.67. The third-order valence-electron chi connectivity index (χ3n) is 1.79. The van der Waals surface area contributed by atoms with Crippen molar-refractivity contribution in [1.82, 2.24) is 5.09 Å². The molecule has 0 aliphatic rings. The molecule has 66 valence electrons. The van der Waals surface area contributed by atoms with E-state index in [4.69, 9.17) is 0 Å². The summed E-state index contributed by atoms with van der Waals surface area (Å²) < 4.78 is 0. The highest BCUT2D eigenvalue weighted by Crippen LogP contribution is 2.05.